The van der Waals surface area contributed by atoms with E-state index in [1.54, 1.807) is 11.6 Å². The molecule has 2 heterocycles. The summed E-state index contributed by atoms with van der Waals surface area (Å²) in [5.41, 5.74) is 4.71. The van der Waals surface area contributed by atoms with Gasteiger partial charge < -0.3 is 10.1 Å². The number of aryl methyl sites for hydroxylation is 2. The van der Waals surface area contributed by atoms with E-state index >= 15 is 0 Å². The van der Waals surface area contributed by atoms with E-state index in [0.29, 0.717) is 28.2 Å². The minimum absolute atomic E-state index is 0.118. The fourth-order valence-electron chi connectivity index (χ4n) is 3.84. The molecule has 3 aromatic rings. The summed E-state index contributed by atoms with van der Waals surface area (Å²) in [6, 6.07) is 5.98. The molecule has 174 valence electrons. The number of esters is 1. The van der Waals surface area contributed by atoms with Crippen molar-refractivity contribution < 1.29 is 14.3 Å². The molecule has 1 amide bonds. The number of rotatable bonds is 7. The van der Waals surface area contributed by atoms with E-state index in [2.05, 4.69) is 27.8 Å². The second kappa shape index (κ2) is 10.0. The molecule has 0 spiro atoms. The smallest absolute Gasteiger partial charge is 0.341 e. The lowest BCUT2D eigenvalue weighted by Crippen LogP contribution is -2.18. The maximum atomic E-state index is 12.8. The Labute approximate surface area is 201 Å². The Hall–Kier alpha value is -2.72. The molecule has 0 fully saturated rings. The second-order valence-corrected chi connectivity index (χ2v) is 10.3. The lowest BCUT2D eigenvalue weighted by Gasteiger charge is -2.18. The molecule has 1 aliphatic carbocycles. The highest BCUT2D eigenvalue weighted by Gasteiger charge is 2.29. The van der Waals surface area contributed by atoms with Crippen molar-refractivity contribution in [3.8, 4) is 5.69 Å². The standard InChI is InChI=1S/C23H27N5O3S2/c1-5-31-22(30)20-17-9-6-13(2)10-18(17)33-21(20)24-19(29)12-32-23-25-26-27-28(23)16-8-7-14(3)15(4)11-16/h7-8,11,13H,5-6,9-10,12H2,1-4H3,(H,24,29). The Morgan fingerprint density at radius 3 is 2.88 bits per heavy atom. The van der Waals surface area contributed by atoms with Crippen LogP contribution in [0.15, 0.2) is 23.4 Å². The first-order valence-electron chi connectivity index (χ1n) is 11.0. The second-order valence-electron chi connectivity index (χ2n) is 8.26. The summed E-state index contributed by atoms with van der Waals surface area (Å²) in [5.74, 6) is 0.0968. The molecule has 0 bridgehead atoms. The van der Waals surface area contributed by atoms with Gasteiger partial charge in [0, 0.05) is 4.88 Å². The average molecular weight is 486 g/mol. The molecule has 1 N–H and O–H groups in total. The van der Waals surface area contributed by atoms with Crippen LogP contribution >= 0.6 is 23.1 Å². The number of thiophene rings is 1. The summed E-state index contributed by atoms with van der Waals surface area (Å²) >= 11 is 2.74. The lowest BCUT2D eigenvalue weighted by molar-refractivity contribution is -0.113. The van der Waals surface area contributed by atoms with E-state index < -0.39 is 0 Å². The van der Waals surface area contributed by atoms with Gasteiger partial charge in [0.05, 0.1) is 23.6 Å². The zero-order valence-corrected chi connectivity index (χ0v) is 20.8. The van der Waals surface area contributed by atoms with Crippen molar-refractivity contribution in [3.05, 3.63) is 45.3 Å². The van der Waals surface area contributed by atoms with Gasteiger partial charge in [-0.3, -0.25) is 4.79 Å². The Kier molecular flexibility index (Phi) is 7.14. The minimum atomic E-state index is -0.369. The highest BCUT2D eigenvalue weighted by Crippen LogP contribution is 2.40. The van der Waals surface area contributed by atoms with Gasteiger partial charge in [0.1, 0.15) is 5.00 Å². The van der Waals surface area contributed by atoms with Crippen molar-refractivity contribution in [2.45, 2.75) is 52.1 Å². The van der Waals surface area contributed by atoms with Gasteiger partial charge in [0.15, 0.2) is 0 Å². The van der Waals surface area contributed by atoms with Crippen LogP contribution in [0.4, 0.5) is 5.00 Å². The third-order valence-electron chi connectivity index (χ3n) is 5.75. The molecule has 10 heteroatoms. The van der Waals surface area contributed by atoms with Gasteiger partial charge in [-0.2, -0.15) is 4.68 Å². The van der Waals surface area contributed by atoms with Crippen LogP contribution in [0.1, 0.15) is 52.2 Å². The third-order valence-corrected chi connectivity index (χ3v) is 7.84. The summed E-state index contributed by atoms with van der Waals surface area (Å²) in [7, 11) is 0. The number of carbonyl (C=O) groups excluding carboxylic acids is 2. The van der Waals surface area contributed by atoms with Crippen LogP contribution in [0.25, 0.3) is 5.69 Å². The zero-order valence-electron chi connectivity index (χ0n) is 19.2. The highest BCUT2D eigenvalue weighted by molar-refractivity contribution is 7.99. The first-order valence-corrected chi connectivity index (χ1v) is 12.8. The molecule has 1 atom stereocenters. The normalized spacial score (nSPS) is 15.2. The van der Waals surface area contributed by atoms with Crippen molar-refractivity contribution in [1.82, 2.24) is 20.2 Å². The number of hydrogen-bond acceptors (Lipinski definition) is 8. The van der Waals surface area contributed by atoms with Gasteiger partial charge in [-0.05, 0) is 85.2 Å². The maximum Gasteiger partial charge on any atom is 0.341 e. The number of aromatic nitrogens is 4. The lowest BCUT2D eigenvalue weighted by atomic mass is 9.88. The van der Waals surface area contributed by atoms with Gasteiger partial charge in [0.2, 0.25) is 11.1 Å². The van der Waals surface area contributed by atoms with Crippen LogP contribution in [-0.4, -0.2) is 44.4 Å². The number of carbonyl (C=O) groups is 2. The van der Waals surface area contributed by atoms with Crippen LogP contribution < -0.4 is 5.32 Å². The average Bonchev–Trinajstić information content (AvgIpc) is 3.38. The van der Waals surface area contributed by atoms with Crippen LogP contribution in [-0.2, 0) is 22.4 Å². The molecule has 2 aromatic heterocycles. The molecule has 33 heavy (non-hydrogen) atoms. The Morgan fingerprint density at radius 1 is 1.30 bits per heavy atom. The number of fused-ring (bicyclic) bond motifs is 1. The van der Waals surface area contributed by atoms with E-state index in [9.17, 15) is 9.59 Å². The Bertz CT molecular complexity index is 1190. The molecule has 0 radical (unpaired) electrons. The summed E-state index contributed by atoms with van der Waals surface area (Å²) in [4.78, 5) is 26.6. The molecule has 8 nitrogen and oxygen atoms in total. The number of hydrogen-bond donors (Lipinski definition) is 1. The van der Waals surface area contributed by atoms with E-state index in [4.69, 9.17) is 4.74 Å². The van der Waals surface area contributed by atoms with Crippen molar-refractivity contribution in [2.75, 3.05) is 17.7 Å². The Morgan fingerprint density at radius 2 is 2.12 bits per heavy atom. The van der Waals surface area contributed by atoms with Crippen molar-refractivity contribution in [1.29, 1.82) is 0 Å². The number of nitrogens with one attached hydrogen (secondary N) is 1. The maximum absolute atomic E-state index is 12.8. The minimum Gasteiger partial charge on any atom is -0.462 e. The number of nitrogens with zero attached hydrogens (tertiary/aromatic N) is 4. The molecular weight excluding hydrogens is 458 g/mol. The van der Waals surface area contributed by atoms with Crippen LogP contribution in [0.3, 0.4) is 0 Å². The van der Waals surface area contributed by atoms with Gasteiger partial charge >= 0.3 is 5.97 Å². The largest absolute Gasteiger partial charge is 0.462 e. The summed E-state index contributed by atoms with van der Waals surface area (Å²) in [6.45, 7) is 8.37. The topological polar surface area (TPSA) is 99.0 Å². The van der Waals surface area contributed by atoms with Crippen molar-refractivity contribution in [2.24, 2.45) is 5.92 Å². The SMILES string of the molecule is CCOC(=O)c1c(NC(=O)CSc2nnnn2-c2ccc(C)c(C)c2)sc2c1CCC(C)C2. The molecule has 1 unspecified atom stereocenters. The third kappa shape index (κ3) is 5.11. The number of anilines is 1. The first kappa shape index (κ1) is 23.4. The number of ether oxygens (including phenoxy) is 1. The number of benzene rings is 1. The van der Waals surface area contributed by atoms with Crippen LogP contribution in [0, 0.1) is 19.8 Å². The molecule has 1 aliphatic rings. The molecule has 4 rings (SSSR count). The quantitative estimate of drug-likeness (QED) is 0.392. The molecule has 1 aromatic carbocycles. The molecule has 0 saturated carbocycles. The van der Waals surface area contributed by atoms with Crippen LogP contribution in [0.2, 0.25) is 0 Å². The molecule has 0 saturated heterocycles. The van der Waals surface area contributed by atoms with Crippen molar-refractivity contribution in [3.63, 3.8) is 0 Å². The zero-order chi connectivity index (χ0) is 23.5. The number of amides is 1. The molecule has 0 aliphatic heterocycles. The van der Waals surface area contributed by atoms with Gasteiger partial charge in [-0.15, -0.1) is 16.4 Å². The summed E-state index contributed by atoms with van der Waals surface area (Å²) in [6.07, 6.45) is 2.78. The van der Waals surface area contributed by atoms with Gasteiger partial charge in [-0.1, -0.05) is 24.8 Å². The summed E-state index contributed by atoms with van der Waals surface area (Å²) < 4.78 is 6.91. The predicted molar refractivity (Wildman–Crippen MR) is 129 cm³/mol. The van der Waals surface area contributed by atoms with Crippen molar-refractivity contribution >= 4 is 40.0 Å². The predicted octanol–water partition coefficient (Wildman–Crippen LogP) is 4.37. The fraction of sp³-hybridized carbons (Fsp3) is 0.435. The van der Waals surface area contributed by atoms with Crippen LogP contribution in [0.5, 0.6) is 0 Å². The van der Waals surface area contributed by atoms with E-state index in [1.165, 1.54) is 33.5 Å². The summed E-state index contributed by atoms with van der Waals surface area (Å²) in [5, 5.41) is 16.0. The fourth-order valence-corrected chi connectivity index (χ4v) is 5.95. The number of thioether (sulfide) groups is 1. The highest BCUT2D eigenvalue weighted by atomic mass is 32.2. The monoisotopic (exact) mass is 485 g/mol. The van der Waals surface area contributed by atoms with E-state index in [0.717, 1.165) is 36.1 Å². The van der Waals surface area contributed by atoms with Gasteiger partial charge in [0.25, 0.3) is 0 Å². The first-order chi connectivity index (χ1) is 15.9. The van der Waals surface area contributed by atoms with E-state index in [1.807, 2.05) is 32.0 Å². The van der Waals surface area contributed by atoms with Gasteiger partial charge in [-0.25, -0.2) is 4.79 Å². The van der Waals surface area contributed by atoms with E-state index in [-0.39, 0.29) is 17.6 Å². The Balaban J connectivity index is 1.49. The number of tetrazole rings is 1. The molecular formula is C23H27N5O3S2.